The molecule has 1 aliphatic carbocycles. The highest BCUT2D eigenvalue weighted by atomic mass is 35.5. The largest absolute Gasteiger partial charge is 0.508 e. The number of ketones is 2. The lowest BCUT2D eigenvalue weighted by Crippen LogP contribution is -2.24. The molecule has 0 fully saturated rings. The first-order valence-electron chi connectivity index (χ1n) is 4.10. The lowest BCUT2D eigenvalue weighted by molar-refractivity contribution is 0.0979. The standard InChI is InChI=1S/C10H6ClNO3/c11-7-8(12)10(15)5-2-1-4(13)3-6(5)9(7)14/h1-3,13H,12H2. The molecule has 15 heavy (non-hydrogen) atoms. The van der Waals surface area contributed by atoms with E-state index < -0.39 is 11.6 Å². The van der Waals surface area contributed by atoms with Gasteiger partial charge in [0.2, 0.25) is 11.6 Å². The molecule has 2 rings (SSSR count). The second-order valence-corrected chi connectivity index (χ2v) is 3.49. The summed E-state index contributed by atoms with van der Waals surface area (Å²) in [5.74, 6) is -1.13. The van der Waals surface area contributed by atoms with E-state index in [0.717, 1.165) is 0 Å². The fourth-order valence-corrected chi connectivity index (χ4v) is 1.59. The normalized spacial score (nSPS) is 15.5. The van der Waals surface area contributed by atoms with Crippen LogP contribution in [0, 0.1) is 0 Å². The van der Waals surface area contributed by atoms with E-state index in [2.05, 4.69) is 0 Å². The second-order valence-electron chi connectivity index (χ2n) is 3.12. The van der Waals surface area contributed by atoms with E-state index in [-0.39, 0.29) is 27.6 Å². The smallest absolute Gasteiger partial charge is 0.211 e. The molecule has 0 amide bonds. The van der Waals surface area contributed by atoms with E-state index in [4.69, 9.17) is 17.3 Å². The van der Waals surface area contributed by atoms with Gasteiger partial charge in [-0.25, -0.2) is 0 Å². The van der Waals surface area contributed by atoms with Gasteiger partial charge in [0.15, 0.2) is 0 Å². The van der Waals surface area contributed by atoms with Crippen LogP contribution in [0.3, 0.4) is 0 Å². The second kappa shape index (κ2) is 3.10. The Balaban J connectivity index is 2.73. The highest BCUT2D eigenvalue weighted by molar-refractivity contribution is 6.49. The van der Waals surface area contributed by atoms with Crippen molar-refractivity contribution in [1.29, 1.82) is 0 Å². The number of fused-ring (bicyclic) bond motifs is 1. The number of Topliss-reactive ketones (excluding diaryl/α,β-unsaturated/α-hetero) is 2. The average molecular weight is 224 g/mol. The maximum absolute atomic E-state index is 11.6. The topological polar surface area (TPSA) is 80.4 Å². The zero-order valence-corrected chi connectivity index (χ0v) is 8.21. The summed E-state index contributed by atoms with van der Waals surface area (Å²) in [4.78, 5) is 23.2. The lowest BCUT2D eigenvalue weighted by atomic mass is 9.92. The predicted octanol–water partition coefficient (Wildman–Crippen LogP) is 1.18. The maximum atomic E-state index is 11.6. The predicted molar refractivity (Wildman–Crippen MR) is 53.8 cm³/mol. The molecule has 4 nitrogen and oxygen atoms in total. The van der Waals surface area contributed by atoms with Gasteiger partial charge in [0.05, 0.1) is 0 Å². The molecule has 0 spiro atoms. The van der Waals surface area contributed by atoms with E-state index in [1.54, 1.807) is 0 Å². The number of phenolic OH excluding ortho intramolecular Hbond substituents is 1. The number of benzene rings is 1. The van der Waals surface area contributed by atoms with Gasteiger partial charge in [-0.2, -0.15) is 0 Å². The van der Waals surface area contributed by atoms with Crippen LogP contribution in [0.1, 0.15) is 20.7 Å². The first-order chi connectivity index (χ1) is 7.02. The minimum absolute atomic E-state index is 0.0826. The SMILES string of the molecule is NC1=C(Cl)C(=O)c2cc(O)ccc2C1=O. The molecule has 1 aromatic carbocycles. The first-order valence-corrected chi connectivity index (χ1v) is 4.48. The average Bonchev–Trinajstić information content (AvgIpc) is 2.23. The van der Waals surface area contributed by atoms with Gasteiger partial charge in [0.1, 0.15) is 16.5 Å². The maximum Gasteiger partial charge on any atom is 0.211 e. The number of carbonyl (C=O) groups is 2. The van der Waals surface area contributed by atoms with Gasteiger partial charge in [-0.1, -0.05) is 11.6 Å². The van der Waals surface area contributed by atoms with E-state index in [9.17, 15) is 14.7 Å². The third-order valence-electron chi connectivity index (χ3n) is 2.17. The van der Waals surface area contributed by atoms with Crippen LogP contribution in [-0.2, 0) is 0 Å². The molecular weight excluding hydrogens is 218 g/mol. The number of rotatable bonds is 0. The molecule has 5 heteroatoms. The van der Waals surface area contributed by atoms with Gasteiger partial charge in [0, 0.05) is 11.1 Å². The number of nitrogens with two attached hydrogens (primary N) is 1. The van der Waals surface area contributed by atoms with Crippen LogP contribution in [0.4, 0.5) is 0 Å². The molecule has 0 aliphatic heterocycles. The molecule has 3 N–H and O–H groups in total. The summed E-state index contributed by atoms with van der Waals surface area (Å²) in [5.41, 5.74) is 5.38. The summed E-state index contributed by atoms with van der Waals surface area (Å²) >= 11 is 5.60. The minimum Gasteiger partial charge on any atom is -0.508 e. The number of allylic oxidation sites excluding steroid dienone is 2. The quantitative estimate of drug-likeness (QED) is 0.692. The molecule has 0 saturated carbocycles. The molecule has 1 aromatic rings. The summed E-state index contributed by atoms with van der Waals surface area (Å²) in [6.07, 6.45) is 0. The highest BCUT2D eigenvalue weighted by Gasteiger charge is 2.29. The number of halogens is 1. The van der Waals surface area contributed by atoms with E-state index >= 15 is 0 Å². The van der Waals surface area contributed by atoms with Crippen molar-refractivity contribution in [2.24, 2.45) is 5.73 Å². The first kappa shape index (κ1) is 9.73. The summed E-state index contributed by atoms with van der Waals surface area (Å²) in [7, 11) is 0. The van der Waals surface area contributed by atoms with Crippen molar-refractivity contribution in [2.45, 2.75) is 0 Å². The van der Waals surface area contributed by atoms with E-state index in [1.807, 2.05) is 0 Å². The number of carbonyl (C=O) groups excluding carboxylic acids is 2. The van der Waals surface area contributed by atoms with E-state index in [0.29, 0.717) is 0 Å². The van der Waals surface area contributed by atoms with E-state index in [1.165, 1.54) is 18.2 Å². The van der Waals surface area contributed by atoms with Gasteiger partial charge < -0.3 is 10.8 Å². The van der Waals surface area contributed by atoms with Crippen molar-refractivity contribution < 1.29 is 14.7 Å². The van der Waals surface area contributed by atoms with Crippen molar-refractivity contribution in [3.05, 3.63) is 40.1 Å². The number of hydrogen-bond donors (Lipinski definition) is 2. The van der Waals surface area contributed by atoms with Gasteiger partial charge in [-0.05, 0) is 18.2 Å². The van der Waals surface area contributed by atoms with Crippen LogP contribution in [-0.4, -0.2) is 16.7 Å². The molecule has 0 radical (unpaired) electrons. The molecule has 1 aliphatic rings. The molecule has 0 saturated heterocycles. The van der Waals surface area contributed by atoms with Crippen LogP contribution in [0.5, 0.6) is 5.75 Å². The summed E-state index contributed by atoms with van der Waals surface area (Å²) in [6.45, 7) is 0. The van der Waals surface area contributed by atoms with Crippen LogP contribution in [0.2, 0.25) is 0 Å². The fourth-order valence-electron chi connectivity index (χ4n) is 1.40. The zero-order chi connectivity index (χ0) is 11.2. The molecule has 0 atom stereocenters. The Bertz CT molecular complexity index is 519. The minimum atomic E-state index is -0.542. The van der Waals surface area contributed by atoms with Crippen LogP contribution in [0.25, 0.3) is 0 Å². The van der Waals surface area contributed by atoms with Crippen molar-refractivity contribution in [2.75, 3.05) is 0 Å². The zero-order valence-electron chi connectivity index (χ0n) is 7.45. The Morgan fingerprint density at radius 1 is 1.13 bits per heavy atom. The van der Waals surface area contributed by atoms with Gasteiger partial charge >= 0.3 is 0 Å². The summed E-state index contributed by atoms with van der Waals surface area (Å²) in [5, 5.41) is 8.90. The van der Waals surface area contributed by atoms with Crippen molar-refractivity contribution >= 4 is 23.2 Å². The number of phenols is 1. The molecular formula is C10H6ClNO3. The van der Waals surface area contributed by atoms with Crippen molar-refractivity contribution in [1.82, 2.24) is 0 Å². The van der Waals surface area contributed by atoms with Gasteiger partial charge in [-0.3, -0.25) is 9.59 Å². The highest BCUT2D eigenvalue weighted by Crippen LogP contribution is 2.28. The number of aromatic hydroxyl groups is 1. The molecule has 0 bridgehead atoms. The van der Waals surface area contributed by atoms with Crippen LogP contribution < -0.4 is 5.73 Å². The van der Waals surface area contributed by atoms with Gasteiger partial charge in [-0.15, -0.1) is 0 Å². The van der Waals surface area contributed by atoms with Crippen LogP contribution in [0.15, 0.2) is 28.9 Å². The molecule has 0 unspecified atom stereocenters. The number of hydrogen-bond acceptors (Lipinski definition) is 4. The third-order valence-corrected chi connectivity index (χ3v) is 2.55. The Kier molecular flexibility index (Phi) is 2.01. The van der Waals surface area contributed by atoms with Gasteiger partial charge in [0.25, 0.3) is 0 Å². The molecule has 0 aromatic heterocycles. The fraction of sp³-hybridized carbons (Fsp3) is 0. The summed E-state index contributed by atoms with van der Waals surface area (Å²) in [6, 6.07) is 3.86. The lowest BCUT2D eigenvalue weighted by Gasteiger charge is -2.14. The Morgan fingerprint density at radius 2 is 1.80 bits per heavy atom. The van der Waals surface area contributed by atoms with Crippen LogP contribution >= 0.6 is 11.6 Å². The summed E-state index contributed by atoms with van der Waals surface area (Å²) < 4.78 is 0. The Labute approximate surface area is 90.0 Å². The Morgan fingerprint density at radius 3 is 2.47 bits per heavy atom. The van der Waals surface area contributed by atoms with Crippen molar-refractivity contribution in [3.63, 3.8) is 0 Å². The third kappa shape index (κ3) is 1.30. The molecule has 0 heterocycles. The monoisotopic (exact) mass is 223 g/mol. The molecule has 76 valence electrons. The van der Waals surface area contributed by atoms with Crippen molar-refractivity contribution in [3.8, 4) is 5.75 Å². The Hall–Kier alpha value is -1.81.